The van der Waals surface area contributed by atoms with Crippen LogP contribution >= 0.6 is 0 Å². The molecule has 0 aliphatic rings. The number of hydrogen-bond donors (Lipinski definition) is 2. The van der Waals surface area contributed by atoms with Gasteiger partial charge >= 0.3 is 0 Å². The van der Waals surface area contributed by atoms with Crippen LogP contribution < -0.4 is 5.32 Å². The van der Waals surface area contributed by atoms with Crippen molar-refractivity contribution in [1.29, 1.82) is 0 Å². The molecule has 0 bridgehead atoms. The van der Waals surface area contributed by atoms with Gasteiger partial charge < -0.3 is 10.4 Å². The third-order valence-corrected chi connectivity index (χ3v) is 2.55. The lowest BCUT2D eigenvalue weighted by Crippen LogP contribution is -2.15. The molecule has 0 aliphatic carbocycles. The van der Waals surface area contributed by atoms with E-state index in [2.05, 4.69) is 10.3 Å². The summed E-state index contributed by atoms with van der Waals surface area (Å²) < 4.78 is 0. The monoisotopic (exact) mass is 242 g/mol. The number of anilines is 1. The number of amides is 1. The molecule has 0 aliphatic heterocycles. The van der Waals surface area contributed by atoms with E-state index in [1.807, 2.05) is 25.1 Å². The molecule has 0 unspecified atom stereocenters. The van der Waals surface area contributed by atoms with Crippen LogP contribution in [0.3, 0.4) is 0 Å². The highest BCUT2D eigenvalue weighted by molar-refractivity contribution is 5.92. The Balaban J connectivity index is 2.03. The molecule has 0 fully saturated rings. The first-order chi connectivity index (χ1) is 8.65. The lowest BCUT2D eigenvalue weighted by molar-refractivity contribution is -0.115. The SMILES string of the molecule is Cc1cc(O)ccc1NC(=O)Cc1ccccn1. The maximum atomic E-state index is 11.8. The van der Waals surface area contributed by atoms with Crippen molar-refractivity contribution in [1.82, 2.24) is 4.98 Å². The van der Waals surface area contributed by atoms with Gasteiger partial charge in [-0.1, -0.05) is 6.07 Å². The number of aromatic nitrogens is 1. The van der Waals surface area contributed by atoms with Gasteiger partial charge in [-0.2, -0.15) is 0 Å². The number of rotatable bonds is 3. The van der Waals surface area contributed by atoms with E-state index < -0.39 is 0 Å². The Kier molecular flexibility index (Phi) is 3.57. The second kappa shape index (κ2) is 5.31. The fraction of sp³-hybridized carbons (Fsp3) is 0.143. The standard InChI is InChI=1S/C14H14N2O2/c1-10-8-12(17)5-6-13(10)16-14(18)9-11-4-2-3-7-15-11/h2-8,17H,9H2,1H3,(H,16,18). The highest BCUT2D eigenvalue weighted by atomic mass is 16.3. The van der Waals surface area contributed by atoms with E-state index in [1.165, 1.54) is 0 Å². The number of carbonyl (C=O) groups is 1. The average molecular weight is 242 g/mol. The van der Waals surface area contributed by atoms with Crippen LogP contribution in [0.4, 0.5) is 5.69 Å². The summed E-state index contributed by atoms with van der Waals surface area (Å²) in [5.41, 5.74) is 2.25. The molecule has 1 heterocycles. The molecule has 0 saturated heterocycles. The largest absolute Gasteiger partial charge is 0.508 e. The second-order valence-corrected chi connectivity index (χ2v) is 4.05. The lowest BCUT2D eigenvalue weighted by Gasteiger charge is -2.08. The summed E-state index contributed by atoms with van der Waals surface area (Å²) in [5.74, 6) is 0.0673. The zero-order valence-corrected chi connectivity index (χ0v) is 10.1. The van der Waals surface area contributed by atoms with Crippen molar-refractivity contribution in [3.05, 3.63) is 53.9 Å². The molecular weight excluding hydrogens is 228 g/mol. The van der Waals surface area contributed by atoms with E-state index in [9.17, 15) is 9.90 Å². The number of aryl methyl sites for hydroxylation is 1. The normalized spacial score (nSPS) is 10.1. The van der Waals surface area contributed by atoms with E-state index in [4.69, 9.17) is 0 Å². The van der Waals surface area contributed by atoms with Gasteiger partial charge in [0, 0.05) is 17.6 Å². The minimum atomic E-state index is -0.123. The predicted molar refractivity (Wildman–Crippen MR) is 69.4 cm³/mol. The molecule has 0 saturated carbocycles. The van der Waals surface area contributed by atoms with Crippen LogP contribution in [-0.2, 0) is 11.2 Å². The molecule has 2 aromatic rings. The molecule has 1 aromatic carbocycles. The van der Waals surface area contributed by atoms with Gasteiger partial charge in [0.25, 0.3) is 0 Å². The maximum Gasteiger partial charge on any atom is 0.230 e. The van der Waals surface area contributed by atoms with Crippen molar-refractivity contribution in [2.75, 3.05) is 5.32 Å². The summed E-state index contributed by atoms with van der Waals surface area (Å²) in [7, 11) is 0. The summed E-state index contributed by atoms with van der Waals surface area (Å²) >= 11 is 0. The van der Waals surface area contributed by atoms with Crippen LogP contribution in [-0.4, -0.2) is 16.0 Å². The Morgan fingerprint density at radius 1 is 1.33 bits per heavy atom. The third kappa shape index (κ3) is 3.07. The van der Waals surface area contributed by atoms with E-state index >= 15 is 0 Å². The lowest BCUT2D eigenvalue weighted by atomic mass is 10.2. The maximum absolute atomic E-state index is 11.8. The molecule has 2 rings (SSSR count). The minimum absolute atomic E-state index is 0.123. The van der Waals surface area contributed by atoms with Crippen molar-refractivity contribution < 1.29 is 9.90 Å². The average Bonchev–Trinajstić information content (AvgIpc) is 2.34. The highest BCUT2D eigenvalue weighted by Crippen LogP contribution is 2.20. The molecule has 1 amide bonds. The van der Waals surface area contributed by atoms with E-state index in [0.29, 0.717) is 5.69 Å². The van der Waals surface area contributed by atoms with Gasteiger partial charge in [-0.05, 0) is 42.8 Å². The first-order valence-corrected chi connectivity index (χ1v) is 5.64. The van der Waals surface area contributed by atoms with Gasteiger partial charge in [0.1, 0.15) is 5.75 Å². The number of aromatic hydroxyl groups is 1. The fourth-order valence-corrected chi connectivity index (χ4v) is 1.65. The molecule has 4 heteroatoms. The van der Waals surface area contributed by atoms with Crippen LogP contribution in [0.5, 0.6) is 5.75 Å². The Labute approximate surface area is 105 Å². The quantitative estimate of drug-likeness (QED) is 0.812. The smallest absolute Gasteiger partial charge is 0.230 e. The molecular formula is C14H14N2O2. The Morgan fingerprint density at radius 3 is 2.83 bits per heavy atom. The zero-order valence-electron chi connectivity index (χ0n) is 10.1. The van der Waals surface area contributed by atoms with E-state index in [0.717, 1.165) is 11.3 Å². The van der Waals surface area contributed by atoms with Gasteiger partial charge in [0.05, 0.1) is 6.42 Å². The highest BCUT2D eigenvalue weighted by Gasteiger charge is 2.06. The van der Waals surface area contributed by atoms with Crippen molar-refractivity contribution in [2.24, 2.45) is 0 Å². The minimum Gasteiger partial charge on any atom is -0.508 e. The van der Waals surface area contributed by atoms with Gasteiger partial charge in [0.15, 0.2) is 0 Å². The van der Waals surface area contributed by atoms with Crippen LogP contribution in [0.2, 0.25) is 0 Å². The molecule has 18 heavy (non-hydrogen) atoms. The number of nitrogens with one attached hydrogen (secondary N) is 1. The van der Waals surface area contributed by atoms with E-state index in [1.54, 1.807) is 24.4 Å². The summed E-state index contributed by atoms with van der Waals surface area (Å²) in [6.45, 7) is 1.83. The van der Waals surface area contributed by atoms with Crippen molar-refractivity contribution in [3.63, 3.8) is 0 Å². The van der Waals surface area contributed by atoms with Crippen molar-refractivity contribution in [2.45, 2.75) is 13.3 Å². The van der Waals surface area contributed by atoms with Crippen LogP contribution in [0.25, 0.3) is 0 Å². The molecule has 2 N–H and O–H groups in total. The molecule has 4 nitrogen and oxygen atoms in total. The third-order valence-electron chi connectivity index (χ3n) is 2.55. The summed E-state index contributed by atoms with van der Waals surface area (Å²) in [6, 6.07) is 10.3. The Hall–Kier alpha value is -2.36. The fourth-order valence-electron chi connectivity index (χ4n) is 1.65. The first-order valence-electron chi connectivity index (χ1n) is 5.64. The van der Waals surface area contributed by atoms with Gasteiger partial charge in [-0.15, -0.1) is 0 Å². The second-order valence-electron chi connectivity index (χ2n) is 4.05. The van der Waals surface area contributed by atoms with Gasteiger partial charge in [0.2, 0.25) is 5.91 Å². The number of hydrogen-bond acceptors (Lipinski definition) is 3. The van der Waals surface area contributed by atoms with E-state index in [-0.39, 0.29) is 18.1 Å². The Bertz CT molecular complexity index is 553. The zero-order chi connectivity index (χ0) is 13.0. The molecule has 0 spiro atoms. The number of phenols is 1. The molecule has 92 valence electrons. The topological polar surface area (TPSA) is 62.2 Å². The predicted octanol–water partition coefficient (Wildman–Crippen LogP) is 2.28. The summed E-state index contributed by atoms with van der Waals surface area (Å²) in [4.78, 5) is 15.9. The van der Waals surface area contributed by atoms with Crippen LogP contribution in [0, 0.1) is 6.92 Å². The number of phenolic OH excluding ortho intramolecular Hbond substituents is 1. The van der Waals surface area contributed by atoms with Crippen LogP contribution in [0.15, 0.2) is 42.6 Å². The van der Waals surface area contributed by atoms with Crippen molar-refractivity contribution >= 4 is 11.6 Å². The molecule has 0 radical (unpaired) electrons. The number of benzene rings is 1. The number of pyridine rings is 1. The number of carbonyl (C=O) groups excluding carboxylic acids is 1. The first kappa shape index (κ1) is 12.1. The summed E-state index contributed by atoms with van der Waals surface area (Å²) in [5, 5.41) is 12.1. The van der Waals surface area contributed by atoms with Gasteiger partial charge in [-0.3, -0.25) is 9.78 Å². The number of nitrogens with zero attached hydrogens (tertiary/aromatic N) is 1. The van der Waals surface area contributed by atoms with Gasteiger partial charge in [-0.25, -0.2) is 0 Å². The van der Waals surface area contributed by atoms with Crippen LogP contribution in [0.1, 0.15) is 11.3 Å². The van der Waals surface area contributed by atoms with Crippen molar-refractivity contribution in [3.8, 4) is 5.75 Å². The Morgan fingerprint density at radius 2 is 2.17 bits per heavy atom. The molecule has 0 atom stereocenters. The summed E-state index contributed by atoms with van der Waals surface area (Å²) in [6.07, 6.45) is 1.90. The molecule has 1 aromatic heterocycles.